The number of fused-ring (bicyclic) bond motifs is 1. The predicted octanol–water partition coefficient (Wildman–Crippen LogP) is 2.96. The van der Waals surface area contributed by atoms with E-state index in [2.05, 4.69) is 10.2 Å². The fraction of sp³-hybridized carbons (Fsp3) is 0.167. The van der Waals surface area contributed by atoms with Gasteiger partial charge in [0.25, 0.3) is 5.91 Å². The van der Waals surface area contributed by atoms with Crippen LogP contribution in [0.1, 0.15) is 0 Å². The summed E-state index contributed by atoms with van der Waals surface area (Å²) in [6.07, 6.45) is 1.01. The molecule has 2 aromatic carbocycles. The first-order chi connectivity index (χ1) is 12.8. The van der Waals surface area contributed by atoms with Crippen LogP contribution in [0.2, 0.25) is 0 Å². The summed E-state index contributed by atoms with van der Waals surface area (Å²) in [7, 11) is -2.01. The average Bonchev–Trinajstić information content (AvgIpc) is 2.89. The predicted molar refractivity (Wildman–Crippen MR) is 103 cm³/mol. The molecule has 0 radical (unpaired) electrons. The van der Waals surface area contributed by atoms with Crippen LogP contribution < -0.4 is 4.31 Å². The van der Waals surface area contributed by atoms with Crippen LogP contribution in [-0.2, 0) is 21.9 Å². The molecule has 0 aliphatic heterocycles. The standard InChI is InChI=1S/C18H18N4O4S/c1-21-15-11-7-6-10-14(15)17(18(21)24)20-19-16(23)12-22(27(2,25)26)13-8-4-3-5-9-13/h3-11,24H,12H2,1-2H3. The van der Waals surface area contributed by atoms with E-state index in [-0.39, 0.29) is 11.6 Å². The van der Waals surface area contributed by atoms with Gasteiger partial charge in [-0.05, 0) is 18.2 Å². The molecular formula is C18H18N4O4S. The second-order valence-electron chi connectivity index (χ2n) is 5.95. The maximum Gasteiger partial charge on any atom is 0.285 e. The van der Waals surface area contributed by atoms with Crippen molar-refractivity contribution in [2.75, 3.05) is 17.1 Å². The molecular weight excluding hydrogens is 368 g/mol. The summed E-state index contributed by atoms with van der Waals surface area (Å²) in [5, 5.41) is 18.3. The Bertz CT molecular complexity index is 1120. The van der Waals surface area contributed by atoms with Crippen LogP contribution in [0.3, 0.4) is 0 Å². The van der Waals surface area contributed by atoms with E-state index >= 15 is 0 Å². The number of aryl methyl sites for hydroxylation is 1. The maximum absolute atomic E-state index is 12.2. The van der Waals surface area contributed by atoms with Crippen molar-refractivity contribution < 1.29 is 18.3 Å². The number of sulfonamides is 1. The van der Waals surface area contributed by atoms with Crippen molar-refractivity contribution in [3.05, 3.63) is 54.6 Å². The molecule has 0 aliphatic rings. The van der Waals surface area contributed by atoms with Crippen LogP contribution in [-0.4, -0.2) is 36.8 Å². The number of anilines is 1. The van der Waals surface area contributed by atoms with Crippen molar-refractivity contribution in [1.29, 1.82) is 0 Å². The van der Waals surface area contributed by atoms with E-state index in [1.165, 1.54) is 4.57 Å². The van der Waals surface area contributed by atoms with Crippen LogP contribution in [0.5, 0.6) is 5.88 Å². The molecule has 3 rings (SSSR count). The molecule has 1 aromatic heterocycles. The van der Waals surface area contributed by atoms with Crippen LogP contribution in [0.25, 0.3) is 10.9 Å². The highest BCUT2D eigenvalue weighted by Gasteiger charge is 2.21. The highest BCUT2D eigenvalue weighted by molar-refractivity contribution is 7.92. The topological polar surface area (TPSA) is 104 Å². The van der Waals surface area contributed by atoms with Crippen LogP contribution >= 0.6 is 0 Å². The maximum atomic E-state index is 12.2. The molecule has 9 heteroatoms. The number of rotatable bonds is 5. The number of hydrogen-bond donors (Lipinski definition) is 1. The first kappa shape index (κ1) is 18.6. The molecule has 0 saturated carbocycles. The lowest BCUT2D eigenvalue weighted by atomic mass is 10.2. The van der Waals surface area contributed by atoms with Crippen molar-refractivity contribution in [2.24, 2.45) is 17.3 Å². The number of aromatic nitrogens is 1. The smallest absolute Gasteiger partial charge is 0.285 e. The van der Waals surface area contributed by atoms with Crippen molar-refractivity contribution in [3.8, 4) is 5.88 Å². The van der Waals surface area contributed by atoms with E-state index in [4.69, 9.17) is 0 Å². The quantitative estimate of drug-likeness (QED) is 0.681. The first-order valence-corrected chi connectivity index (χ1v) is 9.87. The van der Waals surface area contributed by atoms with Gasteiger partial charge in [0.05, 0.1) is 17.5 Å². The Balaban J connectivity index is 1.88. The van der Waals surface area contributed by atoms with Crippen molar-refractivity contribution in [1.82, 2.24) is 4.57 Å². The average molecular weight is 386 g/mol. The Labute approximate surface area is 156 Å². The van der Waals surface area contributed by atoms with E-state index in [1.807, 2.05) is 6.07 Å². The molecule has 3 aromatic rings. The van der Waals surface area contributed by atoms with Crippen LogP contribution in [0.15, 0.2) is 64.8 Å². The summed E-state index contributed by atoms with van der Waals surface area (Å²) in [5.74, 6) is -0.882. The number of carbonyl (C=O) groups is 1. The van der Waals surface area contributed by atoms with Crippen molar-refractivity contribution in [2.45, 2.75) is 0 Å². The normalized spacial score (nSPS) is 11.9. The van der Waals surface area contributed by atoms with Gasteiger partial charge in [-0.1, -0.05) is 36.4 Å². The fourth-order valence-electron chi connectivity index (χ4n) is 2.71. The van der Waals surface area contributed by atoms with E-state index < -0.39 is 22.5 Å². The number of hydrogen-bond acceptors (Lipinski definition) is 5. The Hall–Kier alpha value is -3.20. The highest BCUT2D eigenvalue weighted by atomic mass is 32.2. The van der Waals surface area contributed by atoms with Gasteiger partial charge in [0.2, 0.25) is 15.9 Å². The van der Waals surface area contributed by atoms with E-state index in [0.717, 1.165) is 16.1 Å². The minimum Gasteiger partial charge on any atom is -0.493 e. The summed E-state index contributed by atoms with van der Waals surface area (Å²) in [6, 6.07) is 15.4. The molecule has 0 saturated heterocycles. The fourth-order valence-corrected chi connectivity index (χ4v) is 3.56. The minimum atomic E-state index is -3.68. The molecule has 0 atom stereocenters. The molecule has 1 N–H and O–H groups in total. The summed E-state index contributed by atoms with van der Waals surface area (Å²) in [5.41, 5.74) is 1.25. The molecule has 8 nitrogen and oxygen atoms in total. The number of para-hydroxylation sites is 2. The molecule has 0 unspecified atom stereocenters. The molecule has 0 aliphatic carbocycles. The Morgan fingerprint density at radius 2 is 1.74 bits per heavy atom. The van der Waals surface area contributed by atoms with E-state index in [1.54, 1.807) is 55.6 Å². The van der Waals surface area contributed by atoms with Gasteiger partial charge in [-0.25, -0.2) is 8.42 Å². The zero-order chi connectivity index (χ0) is 19.6. The summed E-state index contributed by atoms with van der Waals surface area (Å²) >= 11 is 0. The zero-order valence-corrected chi connectivity index (χ0v) is 15.6. The minimum absolute atomic E-state index is 0.129. The van der Waals surface area contributed by atoms with Gasteiger partial charge >= 0.3 is 0 Å². The Morgan fingerprint density at radius 1 is 1.11 bits per heavy atom. The number of benzene rings is 2. The third kappa shape index (κ3) is 3.82. The third-order valence-corrected chi connectivity index (χ3v) is 5.18. The lowest BCUT2D eigenvalue weighted by Gasteiger charge is -2.20. The lowest BCUT2D eigenvalue weighted by molar-refractivity contribution is -0.116. The molecule has 140 valence electrons. The van der Waals surface area contributed by atoms with Gasteiger partial charge in [-0.15, -0.1) is 10.2 Å². The van der Waals surface area contributed by atoms with Crippen molar-refractivity contribution in [3.63, 3.8) is 0 Å². The Morgan fingerprint density at radius 3 is 2.41 bits per heavy atom. The number of aromatic hydroxyl groups is 1. The monoisotopic (exact) mass is 386 g/mol. The molecule has 1 amide bonds. The molecule has 0 spiro atoms. The first-order valence-electron chi connectivity index (χ1n) is 8.02. The Kier molecular flexibility index (Phi) is 4.95. The summed E-state index contributed by atoms with van der Waals surface area (Å²) in [4.78, 5) is 12.2. The SMILES string of the molecule is Cn1c(O)c(N=NC(=O)CN(c2ccccc2)S(C)(=O)=O)c2ccccc21. The molecule has 1 heterocycles. The van der Waals surface area contributed by atoms with Gasteiger partial charge in [0.15, 0.2) is 5.69 Å². The van der Waals surface area contributed by atoms with Crippen LogP contribution in [0.4, 0.5) is 11.4 Å². The van der Waals surface area contributed by atoms with Gasteiger partial charge in [0, 0.05) is 12.4 Å². The van der Waals surface area contributed by atoms with Gasteiger partial charge in [0.1, 0.15) is 6.54 Å². The number of carbonyl (C=O) groups excluding carboxylic acids is 1. The molecule has 0 bridgehead atoms. The largest absolute Gasteiger partial charge is 0.493 e. The zero-order valence-electron chi connectivity index (χ0n) is 14.8. The highest BCUT2D eigenvalue weighted by Crippen LogP contribution is 2.37. The van der Waals surface area contributed by atoms with E-state index in [0.29, 0.717) is 11.1 Å². The summed E-state index contributed by atoms with van der Waals surface area (Å²) < 4.78 is 26.5. The second-order valence-corrected chi connectivity index (χ2v) is 7.85. The second kappa shape index (κ2) is 7.20. The van der Waals surface area contributed by atoms with Gasteiger partial charge in [-0.3, -0.25) is 9.10 Å². The third-order valence-electron chi connectivity index (χ3n) is 4.03. The number of amides is 1. The van der Waals surface area contributed by atoms with Crippen molar-refractivity contribution >= 4 is 38.2 Å². The van der Waals surface area contributed by atoms with Crippen LogP contribution in [0, 0.1) is 0 Å². The number of nitrogens with zero attached hydrogens (tertiary/aromatic N) is 4. The van der Waals surface area contributed by atoms with Gasteiger partial charge < -0.3 is 9.67 Å². The molecule has 27 heavy (non-hydrogen) atoms. The molecule has 0 fully saturated rings. The summed E-state index contributed by atoms with van der Waals surface area (Å²) in [6.45, 7) is -0.488. The van der Waals surface area contributed by atoms with Gasteiger partial charge in [-0.2, -0.15) is 0 Å². The lowest BCUT2D eigenvalue weighted by Crippen LogP contribution is -2.34. The number of azo groups is 1. The van der Waals surface area contributed by atoms with E-state index in [9.17, 15) is 18.3 Å².